The molecule has 0 fully saturated rings. The summed E-state index contributed by atoms with van der Waals surface area (Å²) in [6.45, 7) is 0.439. The summed E-state index contributed by atoms with van der Waals surface area (Å²) in [6, 6.07) is 8.53. The first-order valence-electron chi connectivity index (χ1n) is 5.32. The molecular formula is C13H11IN2O2. The average Bonchev–Trinajstić information content (AvgIpc) is 2.40. The zero-order valence-corrected chi connectivity index (χ0v) is 11.6. The lowest BCUT2D eigenvalue weighted by molar-refractivity contribution is 0.0950. The van der Waals surface area contributed by atoms with Crippen molar-refractivity contribution in [3.63, 3.8) is 0 Å². The molecule has 5 heteroatoms. The van der Waals surface area contributed by atoms with E-state index in [2.05, 4.69) is 10.3 Å². The lowest BCUT2D eigenvalue weighted by Crippen LogP contribution is -2.22. The van der Waals surface area contributed by atoms with E-state index in [1.54, 1.807) is 24.5 Å². The second-order valence-electron chi connectivity index (χ2n) is 3.70. The third-order valence-corrected chi connectivity index (χ3v) is 3.32. The topological polar surface area (TPSA) is 62.2 Å². The number of halogens is 1. The van der Waals surface area contributed by atoms with E-state index in [9.17, 15) is 9.90 Å². The van der Waals surface area contributed by atoms with Gasteiger partial charge in [-0.15, -0.1) is 0 Å². The van der Waals surface area contributed by atoms with Crippen LogP contribution in [-0.4, -0.2) is 16.0 Å². The second-order valence-corrected chi connectivity index (χ2v) is 4.87. The zero-order valence-electron chi connectivity index (χ0n) is 9.43. The Morgan fingerprint density at radius 3 is 2.67 bits per heavy atom. The number of amides is 1. The maximum Gasteiger partial charge on any atom is 0.251 e. The van der Waals surface area contributed by atoms with Gasteiger partial charge < -0.3 is 10.4 Å². The van der Waals surface area contributed by atoms with Gasteiger partial charge in [0, 0.05) is 24.5 Å². The van der Waals surface area contributed by atoms with Crippen molar-refractivity contribution in [1.29, 1.82) is 0 Å². The number of rotatable bonds is 3. The molecule has 4 nitrogen and oxygen atoms in total. The summed E-state index contributed by atoms with van der Waals surface area (Å²) >= 11 is 2.01. The summed E-state index contributed by atoms with van der Waals surface area (Å²) in [4.78, 5) is 15.7. The lowest BCUT2D eigenvalue weighted by atomic mass is 10.2. The summed E-state index contributed by atoms with van der Waals surface area (Å²) in [5, 5.41) is 12.3. The van der Waals surface area contributed by atoms with Crippen LogP contribution in [0.3, 0.4) is 0 Å². The van der Waals surface area contributed by atoms with Gasteiger partial charge in [-0.25, -0.2) is 0 Å². The van der Waals surface area contributed by atoms with E-state index in [4.69, 9.17) is 0 Å². The zero-order chi connectivity index (χ0) is 13.0. The van der Waals surface area contributed by atoms with Crippen molar-refractivity contribution in [1.82, 2.24) is 10.3 Å². The average molecular weight is 354 g/mol. The van der Waals surface area contributed by atoms with Gasteiger partial charge in [0.25, 0.3) is 5.91 Å². The Labute approximate surface area is 118 Å². The SMILES string of the molecule is O=C(NCc1ccncc1)c1ccc(I)c(O)c1. The summed E-state index contributed by atoms with van der Waals surface area (Å²) in [5.74, 6) is -0.0920. The number of aromatic hydroxyl groups is 1. The Balaban J connectivity index is 2.02. The first-order valence-corrected chi connectivity index (χ1v) is 6.40. The van der Waals surface area contributed by atoms with Gasteiger partial charge in [0.05, 0.1) is 3.57 Å². The third-order valence-electron chi connectivity index (χ3n) is 2.41. The quantitative estimate of drug-likeness (QED) is 0.832. The molecule has 0 bridgehead atoms. The summed E-state index contributed by atoms with van der Waals surface area (Å²) in [5.41, 5.74) is 1.43. The Hall–Kier alpha value is -1.63. The number of phenols is 1. The van der Waals surface area contributed by atoms with Gasteiger partial charge in [-0.2, -0.15) is 0 Å². The molecule has 0 aliphatic carbocycles. The second kappa shape index (κ2) is 5.81. The van der Waals surface area contributed by atoms with Crippen LogP contribution in [-0.2, 0) is 6.54 Å². The number of aromatic nitrogens is 1. The van der Waals surface area contributed by atoms with E-state index in [-0.39, 0.29) is 11.7 Å². The standard InChI is InChI=1S/C13H11IN2O2/c14-11-2-1-10(7-12(11)17)13(18)16-8-9-3-5-15-6-4-9/h1-7,17H,8H2,(H,16,18). The number of carbonyl (C=O) groups excluding carboxylic acids is 1. The number of hydrogen-bond donors (Lipinski definition) is 2. The molecule has 1 aromatic carbocycles. The molecule has 92 valence electrons. The van der Waals surface area contributed by atoms with Crippen LogP contribution < -0.4 is 5.32 Å². The fourth-order valence-corrected chi connectivity index (χ4v) is 1.77. The highest BCUT2D eigenvalue weighted by Crippen LogP contribution is 2.20. The number of hydrogen-bond acceptors (Lipinski definition) is 3. The van der Waals surface area contributed by atoms with Gasteiger partial charge in [-0.3, -0.25) is 9.78 Å². The van der Waals surface area contributed by atoms with Crippen LogP contribution in [0.5, 0.6) is 5.75 Å². The molecule has 0 radical (unpaired) electrons. The Kier molecular flexibility index (Phi) is 4.14. The fourth-order valence-electron chi connectivity index (χ4n) is 1.44. The van der Waals surface area contributed by atoms with Gasteiger partial charge in [-0.1, -0.05) is 0 Å². The van der Waals surface area contributed by atoms with Crippen molar-refractivity contribution < 1.29 is 9.90 Å². The molecule has 2 aromatic rings. The van der Waals surface area contributed by atoms with E-state index >= 15 is 0 Å². The van der Waals surface area contributed by atoms with Gasteiger partial charge in [0.1, 0.15) is 5.75 Å². The van der Waals surface area contributed by atoms with Gasteiger partial charge >= 0.3 is 0 Å². The summed E-state index contributed by atoms with van der Waals surface area (Å²) in [6.07, 6.45) is 3.36. The van der Waals surface area contributed by atoms with E-state index in [0.717, 1.165) is 9.13 Å². The van der Waals surface area contributed by atoms with Crippen LogP contribution in [0.15, 0.2) is 42.7 Å². The minimum absolute atomic E-state index is 0.118. The van der Waals surface area contributed by atoms with Crippen LogP contribution in [0.2, 0.25) is 0 Å². The van der Waals surface area contributed by atoms with Gasteiger partial charge in [0.2, 0.25) is 0 Å². The molecule has 0 unspecified atom stereocenters. The molecule has 0 saturated heterocycles. The van der Waals surface area contributed by atoms with Crippen molar-refractivity contribution >= 4 is 28.5 Å². The monoisotopic (exact) mass is 354 g/mol. The maximum atomic E-state index is 11.8. The van der Waals surface area contributed by atoms with Crippen LogP contribution in [0, 0.1) is 3.57 Å². The molecule has 0 aliphatic rings. The van der Waals surface area contributed by atoms with Crippen molar-refractivity contribution in [3.05, 3.63) is 57.4 Å². The van der Waals surface area contributed by atoms with Gasteiger partial charge in [0.15, 0.2) is 0 Å². The van der Waals surface area contributed by atoms with E-state index in [0.29, 0.717) is 12.1 Å². The Bertz CT molecular complexity index is 558. The predicted molar refractivity (Wildman–Crippen MR) is 76.2 cm³/mol. The number of phenolic OH excluding ortho intramolecular Hbond substituents is 1. The van der Waals surface area contributed by atoms with Crippen molar-refractivity contribution in [2.75, 3.05) is 0 Å². The Morgan fingerprint density at radius 1 is 1.28 bits per heavy atom. The molecule has 2 rings (SSSR count). The molecular weight excluding hydrogens is 343 g/mol. The number of carbonyl (C=O) groups is 1. The molecule has 0 saturated carbocycles. The minimum Gasteiger partial charge on any atom is -0.507 e. The maximum absolute atomic E-state index is 11.8. The van der Waals surface area contributed by atoms with Crippen molar-refractivity contribution in [2.24, 2.45) is 0 Å². The number of nitrogens with one attached hydrogen (secondary N) is 1. The van der Waals surface area contributed by atoms with Crippen LogP contribution >= 0.6 is 22.6 Å². The highest BCUT2D eigenvalue weighted by atomic mass is 127. The molecule has 0 spiro atoms. The minimum atomic E-state index is -0.210. The third kappa shape index (κ3) is 3.19. The molecule has 0 aliphatic heterocycles. The smallest absolute Gasteiger partial charge is 0.251 e. The summed E-state index contributed by atoms with van der Waals surface area (Å²) in [7, 11) is 0. The largest absolute Gasteiger partial charge is 0.507 e. The Morgan fingerprint density at radius 2 is 2.00 bits per heavy atom. The molecule has 1 heterocycles. The highest BCUT2D eigenvalue weighted by molar-refractivity contribution is 14.1. The van der Waals surface area contributed by atoms with Crippen molar-refractivity contribution in [3.8, 4) is 5.75 Å². The van der Waals surface area contributed by atoms with Gasteiger partial charge in [-0.05, 0) is 58.5 Å². The van der Waals surface area contributed by atoms with Crippen LogP contribution in [0.4, 0.5) is 0 Å². The predicted octanol–water partition coefficient (Wildman–Crippen LogP) is 2.32. The first-order chi connectivity index (χ1) is 8.66. The molecule has 0 atom stereocenters. The van der Waals surface area contributed by atoms with Crippen LogP contribution in [0.1, 0.15) is 15.9 Å². The number of benzene rings is 1. The van der Waals surface area contributed by atoms with E-state index in [1.807, 2.05) is 34.7 Å². The first kappa shape index (κ1) is 12.8. The fraction of sp³-hybridized carbons (Fsp3) is 0.0769. The highest BCUT2D eigenvalue weighted by Gasteiger charge is 2.07. The molecule has 1 amide bonds. The van der Waals surface area contributed by atoms with E-state index < -0.39 is 0 Å². The molecule has 18 heavy (non-hydrogen) atoms. The number of nitrogens with zero attached hydrogens (tertiary/aromatic N) is 1. The van der Waals surface area contributed by atoms with E-state index in [1.165, 1.54) is 6.07 Å². The van der Waals surface area contributed by atoms with Crippen molar-refractivity contribution in [2.45, 2.75) is 6.54 Å². The molecule has 2 N–H and O–H groups in total. The summed E-state index contributed by atoms with van der Waals surface area (Å²) < 4.78 is 0.721. The molecule has 1 aromatic heterocycles. The lowest BCUT2D eigenvalue weighted by Gasteiger charge is -2.06. The number of pyridine rings is 1. The van der Waals surface area contributed by atoms with Crippen LogP contribution in [0.25, 0.3) is 0 Å². The normalized spacial score (nSPS) is 10.1.